The third kappa shape index (κ3) is 47.4. The topological polar surface area (TPSA) is 78.9 Å². The zero-order chi connectivity index (χ0) is 45.1. The van der Waals surface area contributed by atoms with Crippen molar-refractivity contribution in [3.63, 3.8) is 0 Å². The lowest BCUT2D eigenvalue weighted by molar-refractivity contribution is -0.166. The Labute approximate surface area is 381 Å². The lowest BCUT2D eigenvalue weighted by Crippen LogP contribution is -2.30. The predicted molar refractivity (Wildman–Crippen MR) is 265 cm³/mol. The van der Waals surface area contributed by atoms with E-state index in [1.54, 1.807) is 6.08 Å². The van der Waals surface area contributed by atoms with Crippen molar-refractivity contribution in [2.24, 2.45) is 0 Å². The number of hydrogen-bond acceptors (Lipinski definition) is 6. The first-order chi connectivity index (χ1) is 30.5. The maximum atomic E-state index is 12.8. The summed E-state index contributed by atoms with van der Waals surface area (Å²) in [6, 6.07) is 0. The Kier molecular flexibility index (Phi) is 47.0. The molecule has 0 rings (SSSR count). The van der Waals surface area contributed by atoms with Gasteiger partial charge >= 0.3 is 17.9 Å². The van der Waals surface area contributed by atoms with Crippen LogP contribution in [0.4, 0.5) is 0 Å². The van der Waals surface area contributed by atoms with E-state index in [0.29, 0.717) is 12.8 Å². The van der Waals surface area contributed by atoms with Crippen molar-refractivity contribution < 1.29 is 28.6 Å². The second-order valence-corrected chi connectivity index (χ2v) is 16.3. The number of allylic oxidation sites excluding steroid dienone is 15. The van der Waals surface area contributed by atoms with Crippen LogP contribution in [0.2, 0.25) is 0 Å². The fourth-order valence-electron chi connectivity index (χ4n) is 6.65. The predicted octanol–water partition coefficient (Wildman–Crippen LogP) is 16.6. The second kappa shape index (κ2) is 50.0. The molecule has 0 aromatic heterocycles. The van der Waals surface area contributed by atoms with E-state index in [2.05, 4.69) is 106 Å². The number of unbranched alkanes of at least 4 members (excludes halogenated alkanes) is 18. The third-order valence-corrected chi connectivity index (χ3v) is 10.4. The lowest BCUT2D eigenvalue weighted by atomic mass is 10.0. The minimum absolute atomic E-state index is 0.121. The zero-order valence-corrected chi connectivity index (χ0v) is 40.1. The van der Waals surface area contributed by atoms with Gasteiger partial charge in [-0.15, -0.1) is 0 Å². The van der Waals surface area contributed by atoms with Crippen LogP contribution in [-0.2, 0) is 28.6 Å². The van der Waals surface area contributed by atoms with Crippen molar-refractivity contribution >= 4 is 17.9 Å². The first-order valence-electron chi connectivity index (χ1n) is 25.2. The quantitative estimate of drug-likeness (QED) is 0.0263. The Bertz CT molecular complexity index is 1260. The van der Waals surface area contributed by atoms with Crippen molar-refractivity contribution in [1.82, 2.24) is 0 Å². The van der Waals surface area contributed by atoms with E-state index in [1.807, 2.05) is 6.08 Å². The van der Waals surface area contributed by atoms with E-state index in [9.17, 15) is 14.4 Å². The molecule has 1 atom stereocenters. The van der Waals surface area contributed by atoms with Gasteiger partial charge in [-0.05, 0) is 77.0 Å². The van der Waals surface area contributed by atoms with E-state index in [4.69, 9.17) is 14.2 Å². The molecular weight excluding hydrogens is 769 g/mol. The van der Waals surface area contributed by atoms with Crippen LogP contribution in [0.1, 0.15) is 220 Å². The van der Waals surface area contributed by atoms with Crippen molar-refractivity contribution in [1.29, 1.82) is 0 Å². The van der Waals surface area contributed by atoms with Crippen LogP contribution in [0.5, 0.6) is 0 Å². The number of rotatable bonds is 44. The number of hydrogen-bond donors (Lipinski definition) is 0. The minimum Gasteiger partial charge on any atom is -0.462 e. The summed E-state index contributed by atoms with van der Waals surface area (Å²) >= 11 is 0. The monoisotopic (exact) mass is 861 g/mol. The fourth-order valence-corrected chi connectivity index (χ4v) is 6.65. The first kappa shape index (κ1) is 58.3. The van der Waals surface area contributed by atoms with Gasteiger partial charge in [0.15, 0.2) is 6.10 Å². The number of ether oxygens (including phenoxy) is 3. The molecule has 6 heteroatoms. The highest BCUT2D eigenvalue weighted by Gasteiger charge is 2.19. The summed E-state index contributed by atoms with van der Waals surface area (Å²) in [5, 5.41) is 0. The van der Waals surface area contributed by atoms with Crippen LogP contribution in [0.3, 0.4) is 0 Å². The summed E-state index contributed by atoms with van der Waals surface area (Å²) in [5.74, 6) is -1.08. The average Bonchev–Trinajstić information content (AvgIpc) is 3.27. The maximum Gasteiger partial charge on any atom is 0.309 e. The van der Waals surface area contributed by atoms with Crippen LogP contribution in [0.25, 0.3) is 0 Å². The van der Waals surface area contributed by atoms with Crippen LogP contribution in [0.15, 0.2) is 97.2 Å². The average molecular weight is 861 g/mol. The summed E-state index contributed by atoms with van der Waals surface area (Å²) in [4.78, 5) is 37.8. The summed E-state index contributed by atoms with van der Waals surface area (Å²) in [6.45, 7) is 6.28. The van der Waals surface area contributed by atoms with Crippen LogP contribution in [0, 0.1) is 0 Å². The highest BCUT2D eigenvalue weighted by molar-refractivity contribution is 5.72. The maximum absolute atomic E-state index is 12.8. The molecule has 62 heavy (non-hydrogen) atoms. The molecule has 0 saturated carbocycles. The smallest absolute Gasteiger partial charge is 0.309 e. The molecule has 0 aromatic rings. The molecule has 0 aliphatic rings. The molecule has 0 aromatic carbocycles. The molecule has 0 radical (unpaired) electrons. The molecule has 0 aliphatic carbocycles. The largest absolute Gasteiger partial charge is 0.462 e. The fraction of sp³-hybridized carbons (Fsp3) is 0.661. The SMILES string of the molecule is CC/C=C\C/C=C\C/C=C\C/C=C\C/C=C\CCCCCC(=O)OCC(COC(=O)C/C=C\C/C=C\C/C=C\CC)OC(=O)CCCCCCCCCCCCCCCCCC. The van der Waals surface area contributed by atoms with Crippen molar-refractivity contribution in [3.05, 3.63) is 97.2 Å². The lowest BCUT2D eigenvalue weighted by Gasteiger charge is -2.18. The van der Waals surface area contributed by atoms with E-state index < -0.39 is 12.1 Å². The minimum atomic E-state index is -0.824. The Morgan fingerprint density at radius 1 is 0.355 bits per heavy atom. The first-order valence-corrected chi connectivity index (χ1v) is 25.2. The molecule has 0 N–H and O–H groups in total. The summed E-state index contributed by atoms with van der Waals surface area (Å²) in [5.41, 5.74) is 0. The van der Waals surface area contributed by atoms with Gasteiger partial charge < -0.3 is 14.2 Å². The van der Waals surface area contributed by atoms with Crippen molar-refractivity contribution in [2.75, 3.05) is 13.2 Å². The van der Waals surface area contributed by atoms with Crippen LogP contribution >= 0.6 is 0 Å². The van der Waals surface area contributed by atoms with Gasteiger partial charge in [0.2, 0.25) is 0 Å². The Morgan fingerprint density at radius 2 is 0.694 bits per heavy atom. The second-order valence-electron chi connectivity index (χ2n) is 16.3. The third-order valence-electron chi connectivity index (χ3n) is 10.4. The highest BCUT2D eigenvalue weighted by Crippen LogP contribution is 2.15. The van der Waals surface area contributed by atoms with Gasteiger partial charge in [-0.3, -0.25) is 14.4 Å². The van der Waals surface area contributed by atoms with Crippen molar-refractivity contribution in [2.45, 2.75) is 226 Å². The summed E-state index contributed by atoms with van der Waals surface area (Å²) < 4.78 is 16.6. The number of esters is 3. The van der Waals surface area contributed by atoms with E-state index in [-0.39, 0.29) is 31.6 Å². The van der Waals surface area contributed by atoms with E-state index >= 15 is 0 Å². The molecule has 0 fully saturated rings. The Balaban J connectivity index is 4.43. The molecule has 0 saturated heterocycles. The molecule has 0 amide bonds. The van der Waals surface area contributed by atoms with Gasteiger partial charge in [-0.25, -0.2) is 0 Å². The van der Waals surface area contributed by atoms with E-state index in [0.717, 1.165) is 96.3 Å². The van der Waals surface area contributed by atoms with Crippen LogP contribution < -0.4 is 0 Å². The molecule has 0 heterocycles. The summed E-state index contributed by atoms with van der Waals surface area (Å²) in [6.07, 6.45) is 65.7. The molecule has 0 spiro atoms. The van der Waals surface area contributed by atoms with Gasteiger partial charge in [0.25, 0.3) is 0 Å². The highest BCUT2D eigenvalue weighted by atomic mass is 16.6. The number of carbonyl (C=O) groups is 3. The normalized spacial score (nSPS) is 12.9. The zero-order valence-electron chi connectivity index (χ0n) is 40.1. The molecule has 0 bridgehead atoms. The molecule has 6 nitrogen and oxygen atoms in total. The summed E-state index contributed by atoms with van der Waals surface area (Å²) in [7, 11) is 0. The molecule has 1 unspecified atom stereocenters. The molecule has 352 valence electrons. The molecule has 0 aliphatic heterocycles. The van der Waals surface area contributed by atoms with Gasteiger partial charge in [0, 0.05) is 12.8 Å². The Morgan fingerprint density at radius 3 is 1.13 bits per heavy atom. The molecular formula is C56H92O6. The number of carbonyl (C=O) groups excluding carboxylic acids is 3. The van der Waals surface area contributed by atoms with Gasteiger partial charge in [0.1, 0.15) is 13.2 Å². The van der Waals surface area contributed by atoms with E-state index in [1.165, 1.54) is 83.5 Å². The van der Waals surface area contributed by atoms with Crippen LogP contribution in [-0.4, -0.2) is 37.2 Å². The Hall–Kier alpha value is -3.67. The van der Waals surface area contributed by atoms with Crippen molar-refractivity contribution in [3.8, 4) is 0 Å². The van der Waals surface area contributed by atoms with Gasteiger partial charge in [-0.2, -0.15) is 0 Å². The van der Waals surface area contributed by atoms with Gasteiger partial charge in [-0.1, -0.05) is 221 Å². The van der Waals surface area contributed by atoms with Gasteiger partial charge in [0.05, 0.1) is 6.42 Å². The standard InChI is InChI=1S/C56H92O6/c1-4-7-10-13-16-19-21-23-25-27-28-29-31-32-34-37-40-43-46-49-55(58)61-52-53(51-60-54(57)48-45-42-39-36-18-15-12-9-6-3)62-56(59)50-47-44-41-38-35-33-30-26-24-22-20-17-14-11-8-5-2/h7,9-10,12,16,18-19,23,25,28-29,32,34,36,42,45,53H,4-6,8,11,13-15,17,20-22,24,26-27,30-31,33,35,37-41,43-44,46-52H2,1-3H3/b10-7-,12-9-,19-16-,25-23-,29-28-,34-32-,36-18-,45-42-.